The van der Waals surface area contributed by atoms with Crippen LogP contribution in [0.4, 0.5) is 11.4 Å². The van der Waals surface area contributed by atoms with Crippen molar-refractivity contribution in [2.24, 2.45) is 0 Å². The van der Waals surface area contributed by atoms with E-state index in [9.17, 15) is 28.1 Å². The topological polar surface area (TPSA) is 130 Å². The third-order valence-corrected chi connectivity index (χ3v) is 7.26. The number of non-ortho nitro benzene ring substituents is 1. The van der Waals surface area contributed by atoms with Crippen LogP contribution >= 0.6 is 23.2 Å². The Kier molecular flexibility index (Phi) is 10.1. The minimum absolute atomic E-state index is 0.0544. The van der Waals surface area contributed by atoms with Gasteiger partial charge in [0.1, 0.15) is 12.6 Å². The smallest absolute Gasteiger partial charge is 0.271 e. The number of carbonyl (C=O) groups is 2. The first-order valence-corrected chi connectivity index (χ1v) is 13.6. The lowest BCUT2D eigenvalue weighted by Gasteiger charge is -2.32. The molecular weight excluding hydrogens is 531 g/mol. The molecule has 0 radical (unpaired) electrons. The zero-order valence-corrected chi connectivity index (χ0v) is 22.6. The number of rotatable bonds is 11. The Hall–Kier alpha value is -2.89. The molecule has 1 N–H and O–H groups in total. The molecule has 0 aliphatic heterocycles. The molecule has 0 aliphatic carbocycles. The summed E-state index contributed by atoms with van der Waals surface area (Å²) in [4.78, 5) is 38.1. The third-order valence-electron chi connectivity index (χ3n) is 5.53. The Bertz CT molecular complexity index is 1240. The van der Waals surface area contributed by atoms with E-state index in [1.54, 1.807) is 12.1 Å². The largest absolute Gasteiger partial charge is 0.352 e. The zero-order valence-electron chi connectivity index (χ0n) is 20.3. The molecule has 0 saturated carbocycles. The number of benzene rings is 2. The average molecular weight is 559 g/mol. The molecule has 0 aliphatic rings. The maximum atomic E-state index is 13.5. The quantitative estimate of drug-likeness (QED) is 0.327. The molecule has 196 valence electrons. The van der Waals surface area contributed by atoms with E-state index in [-0.39, 0.29) is 29.0 Å². The second-order valence-electron chi connectivity index (χ2n) is 8.30. The molecule has 0 spiro atoms. The van der Waals surface area contributed by atoms with E-state index < -0.39 is 39.3 Å². The summed E-state index contributed by atoms with van der Waals surface area (Å²) in [6.07, 6.45) is 1.56. The summed E-state index contributed by atoms with van der Waals surface area (Å²) < 4.78 is 25.9. The molecule has 0 saturated heterocycles. The van der Waals surface area contributed by atoms with Crippen LogP contribution in [0.25, 0.3) is 0 Å². The number of halogens is 2. The average Bonchev–Trinajstić information content (AvgIpc) is 2.80. The van der Waals surface area contributed by atoms with Gasteiger partial charge in [-0.15, -0.1) is 0 Å². The minimum Gasteiger partial charge on any atom is -0.352 e. The maximum Gasteiger partial charge on any atom is 0.271 e. The van der Waals surface area contributed by atoms with Gasteiger partial charge in [0.2, 0.25) is 21.8 Å². The van der Waals surface area contributed by atoms with Crippen molar-refractivity contribution in [1.82, 2.24) is 10.2 Å². The number of nitrogens with zero attached hydrogens (tertiary/aromatic N) is 3. The Balaban J connectivity index is 2.46. The SMILES string of the molecule is CC[C@H](C)NC(=O)[C@@H](C)N(Cc1ccc(Cl)cc1Cl)C(=O)CN(c1cccc([N+](=O)[O-])c1)S(C)(=O)=O. The summed E-state index contributed by atoms with van der Waals surface area (Å²) >= 11 is 12.3. The number of hydrogen-bond donors (Lipinski definition) is 1. The third kappa shape index (κ3) is 7.81. The van der Waals surface area contributed by atoms with Crippen molar-refractivity contribution >= 4 is 56.4 Å². The molecule has 2 amide bonds. The molecule has 2 aromatic carbocycles. The maximum absolute atomic E-state index is 13.5. The molecule has 2 rings (SSSR count). The van der Waals surface area contributed by atoms with Crippen LogP contribution in [0.15, 0.2) is 42.5 Å². The first-order chi connectivity index (χ1) is 16.7. The van der Waals surface area contributed by atoms with Gasteiger partial charge in [-0.25, -0.2) is 8.42 Å². The van der Waals surface area contributed by atoms with Crippen LogP contribution in [0.3, 0.4) is 0 Å². The van der Waals surface area contributed by atoms with Crippen LogP contribution in [-0.4, -0.2) is 54.9 Å². The summed E-state index contributed by atoms with van der Waals surface area (Å²) in [7, 11) is -4.03. The number of anilines is 1. The second kappa shape index (κ2) is 12.4. The van der Waals surface area contributed by atoms with Gasteiger partial charge < -0.3 is 10.2 Å². The van der Waals surface area contributed by atoms with Gasteiger partial charge in [0, 0.05) is 34.8 Å². The van der Waals surface area contributed by atoms with Crippen LogP contribution in [-0.2, 0) is 26.2 Å². The Labute approximate surface area is 220 Å². The van der Waals surface area contributed by atoms with E-state index in [2.05, 4.69) is 5.32 Å². The highest BCUT2D eigenvalue weighted by Crippen LogP contribution is 2.26. The van der Waals surface area contributed by atoms with Gasteiger partial charge >= 0.3 is 0 Å². The lowest BCUT2D eigenvalue weighted by atomic mass is 10.1. The highest BCUT2D eigenvalue weighted by atomic mass is 35.5. The van der Waals surface area contributed by atoms with Crippen LogP contribution in [0.1, 0.15) is 32.8 Å². The van der Waals surface area contributed by atoms with Gasteiger partial charge in [0.05, 0.1) is 16.9 Å². The molecule has 0 bridgehead atoms. The minimum atomic E-state index is -4.03. The molecule has 2 aromatic rings. The van der Waals surface area contributed by atoms with Gasteiger partial charge in [-0.3, -0.25) is 24.0 Å². The van der Waals surface area contributed by atoms with Crippen molar-refractivity contribution < 1.29 is 22.9 Å². The van der Waals surface area contributed by atoms with Crippen LogP contribution in [0.2, 0.25) is 10.0 Å². The van der Waals surface area contributed by atoms with Gasteiger partial charge in [0.25, 0.3) is 5.69 Å². The van der Waals surface area contributed by atoms with E-state index in [1.807, 2.05) is 13.8 Å². The molecule has 0 fully saturated rings. The number of nitro groups is 1. The van der Waals surface area contributed by atoms with Crippen molar-refractivity contribution in [1.29, 1.82) is 0 Å². The van der Waals surface area contributed by atoms with Crippen LogP contribution in [0.5, 0.6) is 0 Å². The summed E-state index contributed by atoms with van der Waals surface area (Å²) in [6.45, 7) is 4.45. The molecule has 0 heterocycles. The Morgan fingerprint density at radius 2 is 1.81 bits per heavy atom. The lowest BCUT2D eigenvalue weighted by Crippen LogP contribution is -2.52. The molecular formula is C23H28Cl2N4O6S. The number of hydrogen-bond acceptors (Lipinski definition) is 6. The van der Waals surface area contributed by atoms with Crippen molar-refractivity contribution in [2.75, 3.05) is 17.1 Å². The van der Waals surface area contributed by atoms with E-state index in [1.165, 1.54) is 36.1 Å². The van der Waals surface area contributed by atoms with Gasteiger partial charge in [-0.2, -0.15) is 0 Å². The lowest BCUT2D eigenvalue weighted by molar-refractivity contribution is -0.384. The summed E-state index contributed by atoms with van der Waals surface area (Å²) in [5.41, 5.74) is 0.111. The Morgan fingerprint density at radius 3 is 2.36 bits per heavy atom. The summed E-state index contributed by atoms with van der Waals surface area (Å²) in [5.74, 6) is -1.13. The van der Waals surface area contributed by atoms with Crippen molar-refractivity contribution in [2.45, 2.75) is 45.8 Å². The molecule has 10 nitrogen and oxygen atoms in total. The predicted octanol–water partition coefficient (Wildman–Crippen LogP) is 4.00. The number of carbonyl (C=O) groups excluding carboxylic acids is 2. The molecule has 13 heteroatoms. The van der Waals surface area contributed by atoms with E-state index in [4.69, 9.17) is 23.2 Å². The van der Waals surface area contributed by atoms with Crippen molar-refractivity contribution in [3.05, 3.63) is 68.2 Å². The number of nitrogens with one attached hydrogen (secondary N) is 1. The van der Waals surface area contributed by atoms with E-state index in [0.717, 1.165) is 16.6 Å². The predicted molar refractivity (Wildman–Crippen MR) is 140 cm³/mol. The summed E-state index contributed by atoms with van der Waals surface area (Å²) in [5, 5.41) is 14.7. The second-order valence-corrected chi connectivity index (χ2v) is 11.0. The van der Waals surface area contributed by atoms with E-state index in [0.29, 0.717) is 17.0 Å². The molecule has 2 atom stereocenters. The van der Waals surface area contributed by atoms with Crippen LogP contribution in [0, 0.1) is 10.1 Å². The first-order valence-electron chi connectivity index (χ1n) is 11.0. The van der Waals surface area contributed by atoms with Gasteiger partial charge in [-0.05, 0) is 44.0 Å². The highest BCUT2D eigenvalue weighted by molar-refractivity contribution is 7.92. The van der Waals surface area contributed by atoms with Gasteiger partial charge in [0.15, 0.2) is 0 Å². The standard InChI is InChI=1S/C23H28Cl2N4O6S/c1-5-15(2)26-23(31)16(3)27(13-17-9-10-18(24)11-21(17)25)22(30)14-28(36(4,34)35)19-7-6-8-20(12-19)29(32)33/h6-12,15-16H,5,13-14H2,1-4H3,(H,26,31)/t15-,16+/m0/s1. The fourth-order valence-corrected chi connectivity index (χ4v) is 4.57. The molecule has 0 unspecified atom stereocenters. The van der Waals surface area contributed by atoms with Crippen LogP contribution < -0.4 is 9.62 Å². The number of nitro benzene ring substituents is 1. The fraction of sp³-hybridized carbons (Fsp3) is 0.391. The fourth-order valence-electron chi connectivity index (χ4n) is 3.26. The normalized spacial score (nSPS) is 12.9. The highest BCUT2D eigenvalue weighted by Gasteiger charge is 2.31. The van der Waals surface area contributed by atoms with E-state index >= 15 is 0 Å². The first kappa shape index (κ1) is 29.3. The van der Waals surface area contributed by atoms with Gasteiger partial charge in [-0.1, -0.05) is 42.3 Å². The number of sulfonamides is 1. The Morgan fingerprint density at radius 1 is 1.14 bits per heavy atom. The molecule has 0 aromatic heterocycles. The summed E-state index contributed by atoms with van der Waals surface area (Å²) in [6, 6.07) is 8.51. The van der Waals surface area contributed by atoms with Crippen molar-refractivity contribution in [3.63, 3.8) is 0 Å². The monoisotopic (exact) mass is 558 g/mol. The van der Waals surface area contributed by atoms with Crippen molar-refractivity contribution in [3.8, 4) is 0 Å². The number of amides is 2. The molecule has 36 heavy (non-hydrogen) atoms. The zero-order chi connectivity index (χ0) is 27.2.